The summed E-state index contributed by atoms with van der Waals surface area (Å²) < 4.78 is 38.0. The van der Waals surface area contributed by atoms with Gasteiger partial charge in [-0.1, -0.05) is 18.2 Å². The molecule has 0 saturated heterocycles. The molecule has 2 N–H and O–H groups in total. The summed E-state index contributed by atoms with van der Waals surface area (Å²) >= 11 is 0. The first kappa shape index (κ1) is 24.9. The second kappa shape index (κ2) is 10.4. The number of carbonyl (C=O) groups is 3. The molecule has 0 fully saturated rings. The third-order valence-electron chi connectivity index (χ3n) is 4.95. The monoisotopic (exact) mass is 484 g/mol. The van der Waals surface area contributed by atoms with Crippen molar-refractivity contribution in [1.82, 2.24) is 4.72 Å². The third kappa shape index (κ3) is 6.18. The van der Waals surface area contributed by atoms with Crippen LogP contribution in [0.15, 0.2) is 70.2 Å². The molecule has 3 rings (SSSR count). The smallest absolute Gasteiger partial charge is 0.339 e. The summed E-state index contributed by atoms with van der Waals surface area (Å²) in [5.74, 6) is -1.17. The summed E-state index contributed by atoms with van der Waals surface area (Å²) in [6, 6.07) is 13.7. The minimum absolute atomic E-state index is 0.0131. The van der Waals surface area contributed by atoms with Crippen LogP contribution in [0.4, 0.5) is 5.69 Å². The normalized spacial score (nSPS) is 12.1. The van der Waals surface area contributed by atoms with Crippen LogP contribution in [0.3, 0.4) is 0 Å². The highest BCUT2D eigenvalue weighted by molar-refractivity contribution is 7.89. The van der Waals surface area contributed by atoms with Crippen LogP contribution in [0.2, 0.25) is 0 Å². The van der Waals surface area contributed by atoms with Crippen molar-refractivity contribution in [1.29, 1.82) is 0 Å². The van der Waals surface area contributed by atoms with Gasteiger partial charge in [0.2, 0.25) is 10.0 Å². The number of hydrogen-bond acceptors (Lipinski definition) is 7. The fourth-order valence-electron chi connectivity index (χ4n) is 2.99. The van der Waals surface area contributed by atoms with Gasteiger partial charge in [-0.25, -0.2) is 17.9 Å². The fourth-order valence-corrected chi connectivity index (χ4v) is 4.01. The van der Waals surface area contributed by atoms with Gasteiger partial charge in [-0.05, 0) is 62.7 Å². The Balaban J connectivity index is 1.69. The Kier molecular flexibility index (Phi) is 7.64. The van der Waals surface area contributed by atoms with Crippen molar-refractivity contribution in [2.24, 2.45) is 0 Å². The number of ketones is 1. The summed E-state index contributed by atoms with van der Waals surface area (Å²) in [7, 11) is -3.93. The van der Waals surface area contributed by atoms with Gasteiger partial charge < -0.3 is 14.5 Å². The number of esters is 1. The first-order valence-corrected chi connectivity index (χ1v) is 11.8. The number of nitrogens with one attached hydrogen (secondary N) is 2. The fraction of sp³-hybridized carbons (Fsp3) is 0.208. The van der Waals surface area contributed by atoms with Crippen LogP contribution in [0.1, 0.15) is 45.9 Å². The molecule has 178 valence electrons. The Morgan fingerprint density at radius 1 is 1.06 bits per heavy atom. The molecule has 1 unspecified atom stereocenters. The molecule has 2 aromatic carbocycles. The first-order chi connectivity index (χ1) is 16.1. The molecule has 1 atom stereocenters. The van der Waals surface area contributed by atoms with E-state index in [4.69, 9.17) is 9.15 Å². The van der Waals surface area contributed by atoms with Gasteiger partial charge in [0.25, 0.3) is 5.91 Å². The van der Waals surface area contributed by atoms with E-state index in [2.05, 4.69) is 10.0 Å². The lowest BCUT2D eigenvalue weighted by atomic mass is 10.1. The van der Waals surface area contributed by atoms with Crippen molar-refractivity contribution in [2.75, 3.05) is 5.32 Å². The average Bonchev–Trinajstić information content (AvgIpc) is 3.32. The maximum Gasteiger partial charge on any atom is 0.339 e. The van der Waals surface area contributed by atoms with E-state index in [1.54, 1.807) is 37.3 Å². The number of rotatable bonds is 9. The number of aryl methyl sites for hydroxylation is 1. The molecule has 1 heterocycles. The van der Waals surface area contributed by atoms with Crippen molar-refractivity contribution in [3.63, 3.8) is 0 Å². The number of sulfonamides is 1. The zero-order valence-electron chi connectivity index (χ0n) is 18.8. The van der Waals surface area contributed by atoms with E-state index in [0.29, 0.717) is 22.6 Å². The average molecular weight is 485 g/mol. The van der Waals surface area contributed by atoms with Crippen molar-refractivity contribution in [3.05, 3.63) is 83.3 Å². The van der Waals surface area contributed by atoms with E-state index >= 15 is 0 Å². The number of amides is 1. The zero-order chi connectivity index (χ0) is 24.9. The van der Waals surface area contributed by atoms with Crippen molar-refractivity contribution < 1.29 is 32.0 Å². The van der Waals surface area contributed by atoms with Gasteiger partial charge in [0, 0.05) is 11.3 Å². The minimum atomic E-state index is -3.93. The highest BCUT2D eigenvalue weighted by atomic mass is 32.2. The molecule has 9 nitrogen and oxygen atoms in total. The van der Waals surface area contributed by atoms with Crippen LogP contribution in [-0.4, -0.2) is 32.2 Å². The number of furan rings is 1. The topological polar surface area (TPSA) is 132 Å². The quantitative estimate of drug-likeness (QED) is 0.351. The van der Waals surface area contributed by atoms with Gasteiger partial charge in [-0.2, -0.15) is 0 Å². The standard InChI is InChI=1S/C24H24N2O7S/c1-15-9-10-21(34(30,31)25-14-20-8-5-11-32-20)13-22(15)24(29)33-17(3)23(28)26-19-7-4-6-18(12-19)16(2)27/h4-13,17,25H,14H2,1-3H3,(H,26,28). The van der Waals surface area contributed by atoms with Crippen LogP contribution in [0, 0.1) is 6.92 Å². The summed E-state index contributed by atoms with van der Waals surface area (Å²) in [6.07, 6.45) is 0.256. The highest BCUT2D eigenvalue weighted by Gasteiger charge is 2.23. The third-order valence-corrected chi connectivity index (χ3v) is 6.34. The Bertz CT molecular complexity index is 1310. The molecule has 0 aliphatic carbocycles. The number of hydrogen-bond donors (Lipinski definition) is 2. The summed E-state index contributed by atoms with van der Waals surface area (Å²) in [6.45, 7) is 4.38. The minimum Gasteiger partial charge on any atom is -0.468 e. The maximum atomic E-state index is 12.7. The molecule has 0 radical (unpaired) electrons. The number of Topliss-reactive ketones (excluding diaryl/α,β-unsaturated/α-hetero) is 1. The lowest BCUT2D eigenvalue weighted by Gasteiger charge is -2.15. The van der Waals surface area contributed by atoms with Crippen molar-refractivity contribution >= 4 is 33.4 Å². The van der Waals surface area contributed by atoms with Gasteiger partial charge in [0.15, 0.2) is 11.9 Å². The molecule has 3 aromatic rings. The first-order valence-electron chi connectivity index (χ1n) is 10.3. The number of ether oxygens (including phenoxy) is 1. The molecule has 34 heavy (non-hydrogen) atoms. The van der Waals surface area contributed by atoms with Gasteiger partial charge in [-0.15, -0.1) is 0 Å². The highest BCUT2D eigenvalue weighted by Crippen LogP contribution is 2.18. The predicted octanol–water partition coefficient (Wildman–Crippen LogP) is 3.45. The van der Waals surface area contributed by atoms with Crippen LogP contribution < -0.4 is 10.0 Å². The lowest BCUT2D eigenvalue weighted by Crippen LogP contribution is -2.30. The molecule has 0 saturated carbocycles. The van der Waals surface area contributed by atoms with E-state index in [-0.39, 0.29) is 22.8 Å². The van der Waals surface area contributed by atoms with Crippen LogP contribution in [0.25, 0.3) is 0 Å². The molecule has 1 aromatic heterocycles. The number of carbonyl (C=O) groups excluding carboxylic acids is 3. The summed E-state index contributed by atoms with van der Waals surface area (Å²) in [4.78, 5) is 36.6. The second-order valence-electron chi connectivity index (χ2n) is 7.55. The van der Waals surface area contributed by atoms with Gasteiger partial charge >= 0.3 is 5.97 Å². The number of benzene rings is 2. The van der Waals surface area contributed by atoms with Gasteiger partial charge in [0.05, 0.1) is 23.3 Å². The molecule has 0 aliphatic rings. The molecule has 1 amide bonds. The van der Waals surface area contributed by atoms with E-state index in [9.17, 15) is 22.8 Å². The van der Waals surface area contributed by atoms with Gasteiger partial charge in [0.1, 0.15) is 5.76 Å². The zero-order valence-corrected chi connectivity index (χ0v) is 19.6. The van der Waals surface area contributed by atoms with Crippen molar-refractivity contribution in [2.45, 2.75) is 38.3 Å². The second-order valence-corrected chi connectivity index (χ2v) is 9.32. The van der Waals surface area contributed by atoms with Crippen LogP contribution in [0.5, 0.6) is 0 Å². The van der Waals surface area contributed by atoms with Crippen LogP contribution >= 0.6 is 0 Å². The molecule has 10 heteroatoms. The SMILES string of the molecule is CC(=O)c1cccc(NC(=O)C(C)OC(=O)c2cc(S(=O)(=O)NCc3ccco3)ccc2C)c1. The Labute approximate surface area is 197 Å². The molecule has 0 bridgehead atoms. The Hall–Kier alpha value is -3.76. The molecular weight excluding hydrogens is 460 g/mol. The Morgan fingerprint density at radius 2 is 1.82 bits per heavy atom. The molecular formula is C24H24N2O7S. The van der Waals surface area contributed by atoms with E-state index in [1.165, 1.54) is 44.4 Å². The van der Waals surface area contributed by atoms with Crippen LogP contribution in [-0.2, 0) is 26.1 Å². The number of anilines is 1. The summed E-state index contributed by atoms with van der Waals surface area (Å²) in [5.41, 5.74) is 1.31. The Morgan fingerprint density at radius 3 is 2.50 bits per heavy atom. The van der Waals surface area contributed by atoms with E-state index in [0.717, 1.165) is 0 Å². The lowest BCUT2D eigenvalue weighted by molar-refractivity contribution is -0.123. The predicted molar refractivity (Wildman–Crippen MR) is 124 cm³/mol. The van der Waals surface area contributed by atoms with Gasteiger partial charge in [-0.3, -0.25) is 9.59 Å². The molecule has 0 aliphatic heterocycles. The largest absolute Gasteiger partial charge is 0.468 e. The van der Waals surface area contributed by atoms with Crippen molar-refractivity contribution in [3.8, 4) is 0 Å². The maximum absolute atomic E-state index is 12.7. The summed E-state index contributed by atoms with van der Waals surface area (Å²) in [5, 5.41) is 2.59. The molecule has 0 spiro atoms. The van der Waals surface area contributed by atoms with E-state index < -0.39 is 28.0 Å². The van der Waals surface area contributed by atoms with E-state index in [1.807, 2.05) is 0 Å².